The first-order valence-corrected chi connectivity index (χ1v) is 8.44. The topological polar surface area (TPSA) is 89.8 Å². The van der Waals surface area contributed by atoms with Crippen LogP contribution in [0.5, 0.6) is 0 Å². The van der Waals surface area contributed by atoms with Gasteiger partial charge in [-0.1, -0.05) is 0 Å². The van der Waals surface area contributed by atoms with Crippen molar-refractivity contribution in [1.29, 1.82) is 0 Å². The number of aromatic nitrogens is 1. The predicted octanol–water partition coefficient (Wildman–Crippen LogP) is 0.257. The van der Waals surface area contributed by atoms with Crippen molar-refractivity contribution >= 4 is 10.0 Å². The first-order valence-electron chi connectivity index (χ1n) is 6.96. The summed E-state index contributed by atoms with van der Waals surface area (Å²) in [5, 5.41) is 9.30. The highest BCUT2D eigenvalue weighted by Crippen LogP contribution is 2.37. The Morgan fingerprint density at radius 1 is 1.38 bits per heavy atom. The molecule has 2 N–H and O–H groups in total. The summed E-state index contributed by atoms with van der Waals surface area (Å²) < 4.78 is 38.7. The van der Waals surface area contributed by atoms with E-state index >= 15 is 0 Å². The molecule has 1 aromatic heterocycles. The Bertz CT molecular complexity index is 551. The van der Waals surface area contributed by atoms with E-state index in [1.165, 1.54) is 6.07 Å². The van der Waals surface area contributed by atoms with Gasteiger partial charge in [-0.2, -0.15) is 0 Å². The van der Waals surface area contributed by atoms with Gasteiger partial charge in [0, 0.05) is 31.6 Å². The first kappa shape index (κ1) is 16.4. The summed E-state index contributed by atoms with van der Waals surface area (Å²) in [7, 11) is -1.99. The number of nitrogens with zero attached hydrogens (tertiary/aromatic N) is 1. The van der Waals surface area contributed by atoms with Crippen LogP contribution in [0.15, 0.2) is 17.2 Å². The maximum absolute atomic E-state index is 12.2. The lowest BCUT2D eigenvalue weighted by Gasteiger charge is -2.06. The second kappa shape index (κ2) is 7.37. The van der Waals surface area contributed by atoms with Crippen LogP contribution < -0.4 is 4.72 Å². The zero-order valence-electron chi connectivity index (χ0n) is 12.1. The molecular formula is C13H22N2O5S. The molecule has 1 fully saturated rings. The minimum atomic E-state index is -3.56. The average molecular weight is 318 g/mol. The molecule has 0 saturated heterocycles. The number of ether oxygens (including phenoxy) is 2. The fourth-order valence-corrected chi connectivity index (χ4v) is 3.10. The van der Waals surface area contributed by atoms with E-state index in [0.717, 1.165) is 12.8 Å². The van der Waals surface area contributed by atoms with Crippen molar-refractivity contribution in [3.8, 4) is 0 Å². The summed E-state index contributed by atoms with van der Waals surface area (Å²) in [6.45, 7) is 1.25. The zero-order chi connectivity index (χ0) is 15.3. The van der Waals surface area contributed by atoms with Gasteiger partial charge >= 0.3 is 0 Å². The Labute approximate surface area is 124 Å². The molecule has 0 atom stereocenters. The van der Waals surface area contributed by atoms with Gasteiger partial charge in [-0.3, -0.25) is 0 Å². The normalized spacial score (nSPS) is 15.5. The van der Waals surface area contributed by atoms with E-state index < -0.39 is 10.0 Å². The molecule has 0 radical (unpaired) electrons. The molecule has 0 bridgehead atoms. The van der Waals surface area contributed by atoms with E-state index in [4.69, 9.17) is 9.47 Å². The van der Waals surface area contributed by atoms with E-state index in [-0.39, 0.29) is 18.0 Å². The molecule has 1 aromatic rings. The molecule has 1 heterocycles. The third-order valence-corrected chi connectivity index (χ3v) is 4.72. The number of aliphatic hydroxyl groups is 1. The molecule has 21 heavy (non-hydrogen) atoms. The Hall–Kier alpha value is -0.930. The van der Waals surface area contributed by atoms with Crippen molar-refractivity contribution in [2.45, 2.75) is 30.4 Å². The molecule has 0 aliphatic heterocycles. The fourth-order valence-electron chi connectivity index (χ4n) is 2.04. The zero-order valence-corrected chi connectivity index (χ0v) is 12.9. The van der Waals surface area contributed by atoms with Gasteiger partial charge in [0.15, 0.2) is 0 Å². The van der Waals surface area contributed by atoms with Gasteiger partial charge < -0.3 is 19.1 Å². The molecule has 0 amide bonds. The van der Waals surface area contributed by atoms with Gasteiger partial charge in [0.2, 0.25) is 10.0 Å². The molecule has 1 aliphatic carbocycles. The molecule has 0 unspecified atom stereocenters. The average Bonchev–Trinajstić information content (AvgIpc) is 3.21. The van der Waals surface area contributed by atoms with Crippen LogP contribution in [-0.2, 0) is 26.1 Å². The molecule has 7 nitrogen and oxygen atoms in total. The standard InChI is InChI=1S/C13H22N2O5S/c1-19-6-7-20-5-4-14-21(17,18)13-8-12(10-16)15(9-13)11-2-3-11/h8-9,11,14,16H,2-7,10H2,1H3. The molecule has 8 heteroatoms. The SMILES string of the molecule is COCCOCCNS(=O)(=O)c1cc(CO)n(C2CC2)c1. The van der Waals surface area contributed by atoms with Gasteiger partial charge in [-0.25, -0.2) is 13.1 Å². The highest BCUT2D eigenvalue weighted by molar-refractivity contribution is 7.89. The van der Waals surface area contributed by atoms with Crippen LogP contribution in [0.3, 0.4) is 0 Å². The van der Waals surface area contributed by atoms with E-state index in [9.17, 15) is 13.5 Å². The van der Waals surface area contributed by atoms with Crippen molar-refractivity contribution in [2.75, 3.05) is 33.5 Å². The lowest BCUT2D eigenvalue weighted by molar-refractivity contribution is 0.0736. The summed E-state index contributed by atoms with van der Waals surface area (Å²) >= 11 is 0. The quantitative estimate of drug-likeness (QED) is 0.604. The maximum Gasteiger partial charge on any atom is 0.242 e. The smallest absolute Gasteiger partial charge is 0.242 e. The van der Waals surface area contributed by atoms with Crippen molar-refractivity contribution in [2.24, 2.45) is 0 Å². The van der Waals surface area contributed by atoms with Crippen molar-refractivity contribution < 1.29 is 23.0 Å². The summed E-state index contributed by atoms with van der Waals surface area (Å²) in [6.07, 6.45) is 3.65. The van der Waals surface area contributed by atoms with Crippen molar-refractivity contribution in [1.82, 2.24) is 9.29 Å². The minimum absolute atomic E-state index is 0.161. The van der Waals surface area contributed by atoms with Gasteiger partial charge in [0.05, 0.1) is 31.3 Å². The van der Waals surface area contributed by atoms with Gasteiger partial charge in [-0.15, -0.1) is 0 Å². The van der Waals surface area contributed by atoms with E-state index in [0.29, 0.717) is 31.6 Å². The molecule has 0 spiro atoms. The number of hydrogen-bond acceptors (Lipinski definition) is 5. The van der Waals surface area contributed by atoms with Crippen molar-refractivity contribution in [3.05, 3.63) is 18.0 Å². The summed E-state index contributed by atoms with van der Waals surface area (Å²) in [5.41, 5.74) is 0.634. The van der Waals surface area contributed by atoms with E-state index in [1.807, 2.05) is 4.57 Å². The van der Waals surface area contributed by atoms with Crippen LogP contribution in [0.4, 0.5) is 0 Å². The van der Waals surface area contributed by atoms with Crippen LogP contribution in [0, 0.1) is 0 Å². The highest BCUT2D eigenvalue weighted by Gasteiger charge is 2.27. The van der Waals surface area contributed by atoms with Crippen LogP contribution in [0.2, 0.25) is 0 Å². The lowest BCUT2D eigenvalue weighted by Crippen LogP contribution is -2.27. The fraction of sp³-hybridized carbons (Fsp3) is 0.692. The van der Waals surface area contributed by atoms with E-state index in [2.05, 4.69) is 4.72 Å². The molecule has 0 aromatic carbocycles. The van der Waals surface area contributed by atoms with Crippen LogP contribution in [-0.4, -0.2) is 51.6 Å². The van der Waals surface area contributed by atoms with Crippen LogP contribution in [0.25, 0.3) is 0 Å². The monoisotopic (exact) mass is 318 g/mol. The Kier molecular flexibility index (Phi) is 5.77. The van der Waals surface area contributed by atoms with E-state index in [1.54, 1.807) is 13.3 Å². The number of hydrogen-bond donors (Lipinski definition) is 2. The third-order valence-electron chi connectivity index (χ3n) is 3.29. The molecule has 2 rings (SSSR count). The Morgan fingerprint density at radius 3 is 2.76 bits per heavy atom. The summed E-state index contributed by atoms with van der Waals surface area (Å²) in [5.74, 6) is 0. The molecular weight excluding hydrogens is 296 g/mol. The molecule has 1 aliphatic rings. The second-order valence-corrected chi connectivity index (χ2v) is 6.73. The number of methoxy groups -OCH3 is 1. The summed E-state index contributed by atoms with van der Waals surface area (Å²) in [4.78, 5) is 0.190. The summed E-state index contributed by atoms with van der Waals surface area (Å²) in [6, 6.07) is 1.85. The number of sulfonamides is 1. The number of nitrogens with one attached hydrogen (secondary N) is 1. The first-order chi connectivity index (χ1) is 10.1. The maximum atomic E-state index is 12.2. The Morgan fingerprint density at radius 2 is 2.14 bits per heavy atom. The van der Waals surface area contributed by atoms with Gasteiger partial charge in [0.1, 0.15) is 0 Å². The third kappa shape index (κ3) is 4.52. The predicted molar refractivity (Wildman–Crippen MR) is 76.5 cm³/mol. The largest absolute Gasteiger partial charge is 0.390 e. The van der Waals surface area contributed by atoms with Crippen LogP contribution >= 0.6 is 0 Å². The highest BCUT2D eigenvalue weighted by atomic mass is 32.2. The second-order valence-electron chi connectivity index (χ2n) is 4.97. The van der Waals surface area contributed by atoms with Gasteiger partial charge in [-0.05, 0) is 18.9 Å². The lowest BCUT2D eigenvalue weighted by atomic mass is 10.4. The minimum Gasteiger partial charge on any atom is -0.390 e. The number of aliphatic hydroxyl groups excluding tert-OH is 1. The van der Waals surface area contributed by atoms with Crippen molar-refractivity contribution in [3.63, 3.8) is 0 Å². The molecule has 1 saturated carbocycles. The van der Waals surface area contributed by atoms with Crippen LogP contribution in [0.1, 0.15) is 24.6 Å². The Balaban J connectivity index is 1.90. The molecule has 120 valence electrons. The number of rotatable bonds is 10. The van der Waals surface area contributed by atoms with Gasteiger partial charge in [0.25, 0.3) is 0 Å².